The van der Waals surface area contributed by atoms with Gasteiger partial charge in [-0.25, -0.2) is 0 Å². The molecule has 1 aliphatic rings. The molecule has 0 unspecified atom stereocenters. The molecule has 2 aromatic heterocycles. The van der Waals surface area contributed by atoms with Crippen molar-refractivity contribution in [3.63, 3.8) is 0 Å². The molecule has 1 fully saturated rings. The second kappa shape index (κ2) is 6.38. The summed E-state index contributed by atoms with van der Waals surface area (Å²) in [5.74, 6) is -0.0832. The number of hydrogen-bond acceptors (Lipinski definition) is 5. The van der Waals surface area contributed by atoms with Crippen LogP contribution in [0.2, 0.25) is 0 Å². The van der Waals surface area contributed by atoms with Crippen LogP contribution in [0.25, 0.3) is 0 Å². The molecule has 24 heavy (non-hydrogen) atoms. The Labute approximate surface area is 140 Å². The van der Waals surface area contributed by atoms with Crippen LogP contribution in [0.1, 0.15) is 23.2 Å². The average molecular weight is 328 g/mol. The number of likely N-dealkylation sites (N-methyl/N-ethyl adjacent to an activating group) is 1. The summed E-state index contributed by atoms with van der Waals surface area (Å²) in [6, 6.07) is 3.46. The fraction of sp³-hybridized carbons (Fsp3) is 0.438. The predicted octanol–water partition coefficient (Wildman–Crippen LogP) is 0.393. The van der Waals surface area contributed by atoms with Gasteiger partial charge in [-0.1, -0.05) is 0 Å². The number of aromatic nitrogens is 4. The van der Waals surface area contributed by atoms with E-state index in [4.69, 9.17) is 0 Å². The van der Waals surface area contributed by atoms with Crippen molar-refractivity contribution < 1.29 is 9.59 Å². The Kier molecular flexibility index (Phi) is 4.28. The molecule has 0 bridgehead atoms. The van der Waals surface area contributed by atoms with E-state index >= 15 is 0 Å². The highest BCUT2D eigenvalue weighted by Gasteiger charge is 2.45. The van der Waals surface area contributed by atoms with Crippen molar-refractivity contribution in [1.29, 1.82) is 0 Å². The fourth-order valence-corrected chi connectivity index (χ4v) is 3.16. The first-order chi connectivity index (χ1) is 11.5. The Bertz CT molecular complexity index is 705. The van der Waals surface area contributed by atoms with E-state index in [2.05, 4.69) is 15.3 Å². The van der Waals surface area contributed by atoms with E-state index in [1.54, 1.807) is 40.8 Å². The normalized spacial score (nSPS) is 16.7. The molecule has 0 aromatic carbocycles. The van der Waals surface area contributed by atoms with Crippen LogP contribution >= 0.6 is 0 Å². The van der Waals surface area contributed by atoms with Gasteiger partial charge in [0.05, 0.1) is 18.0 Å². The van der Waals surface area contributed by atoms with Crippen molar-refractivity contribution in [2.24, 2.45) is 0 Å². The third-order valence-electron chi connectivity index (χ3n) is 4.46. The lowest BCUT2D eigenvalue weighted by Gasteiger charge is -2.41. The highest BCUT2D eigenvalue weighted by molar-refractivity contribution is 5.94. The van der Waals surface area contributed by atoms with Crippen molar-refractivity contribution >= 4 is 11.8 Å². The quantitative estimate of drug-likeness (QED) is 0.814. The van der Waals surface area contributed by atoms with Crippen LogP contribution in [0.5, 0.6) is 0 Å². The molecule has 126 valence electrons. The minimum Gasteiger partial charge on any atom is -0.347 e. The molecule has 3 rings (SSSR count). The molecule has 0 radical (unpaired) electrons. The van der Waals surface area contributed by atoms with E-state index in [9.17, 15) is 9.59 Å². The zero-order chi connectivity index (χ0) is 17.2. The maximum atomic E-state index is 12.8. The predicted molar refractivity (Wildman–Crippen MR) is 86.1 cm³/mol. The van der Waals surface area contributed by atoms with E-state index in [1.165, 1.54) is 12.4 Å². The summed E-state index contributed by atoms with van der Waals surface area (Å²) in [6.45, 7) is 0.973. The molecule has 0 aliphatic carbocycles. The van der Waals surface area contributed by atoms with Gasteiger partial charge in [-0.2, -0.15) is 15.3 Å². The number of carbonyl (C=O) groups is 2. The monoisotopic (exact) mass is 328 g/mol. The van der Waals surface area contributed by atoms with Crippen molar-refractivity contribution in [2.45, 2.75) is 18.4 Å². The summed E-state index contributed by atoms with van der Waals surface area (Å²) in [5, 5.41) is 11.7. The third kappa shape index (κ3) is 2.75. The second-order valence-corrected chi connectivity index (χ2v) is 6.11. The smallest absolute Gasteiger partial charge is 0.255 e. The number of nitrogens with zero attached hydrogens (tertiary/aromatic N) is 6. The van der Waals surface area contributed by atoms with Gasteiger partial charge >= 0.3 is 0 Å². The molecule has 0 saturated carbocycles. The van der Waals surface area contributed by atoms with Crippen LogP contribution in [0, 0.1) is 0 Å². The Morgan fingerprint density at radius 2 is 1.92 bits per heavy atom. The van der Waals surface area contributed by atoms with Crippen LogP contribution in [0.15, 0.2) is 36.9 Å². The van der Waals surface area contributed by atoms with Crippen molar-refractivity contribution in [3.05, 3.63) is 42.5 Å². The summed E-state index contributed by atoms with van der Waals surface area (Å²) >= 11 is 0. The largest absolute Gasteiger partial charge is 0.347 e. The summed E-state index contributed by atoms with van der Waals surface area (Å²) in [5.41, 5.74) is -0.226. The lowest BCUT2D eigenvalue weighted by Crippen LogP contribution is -2.55. The molecule has 2 amide bonds. The SMILES string of the molecule is CN(C)C(=O)C1(n2cccn2)CCN(C(=O)c2ccnnc2)CC1. The molecule has 0 N–H and O–H groups in total. The van der Waals surface area contributed by atoms with Gasteiger partial charge in [0.25, 0.3) is 5.91 Å². The Balaban J connectivity index is 1.80. The fourth-order valence-electron chi connectivity index (χ4n) is 3.16. The molecule has 1 aliphatic heterocycles. The van der Waals surface area contributed by atoms with Crippen molar-refractivity contribution in [2.75, 3.05) is 27.2 Å². The summed E-state index contributed by atoms with van der Waals surface area (Å²) in [7, 11) is 3.49. The second-order valence-electron chi connectivity index (χ2n) is 6.11. The van der Waals surface area contributed by atoms with Gasteiger partial charge in [-0.05, 0) is 25.0 Å². The Morgan fingerprint density at radius 3 is 2.46 bits per heavy atom. The first-order valence-electron chi connectivity index (χ1n) is 7.82. The molecule has 2 aromatic rings. The maximum Gasteiger partial charge on any atom is 0.255 e. The van der Waals surface area contributed by atoms with Crippen LogP contribution < -0.4 is 0 Å². The molecule has 1 saturated heterocycles. The highest BCUT2D eigenvalue weighted by atomic mass is 16.2. The topological polar surface area (TPSA) is 84.2 Å². The van der Waals surface area contributed by atoms with E-state index in [1.807, 2.05) is 12.3 Å². The molecule has 3 heterocycles. The van der Waals surface area contributed by atoms with Crippen LogP contribution in [0.4, 0.5) is 0 Å². The standard InChI is InChI=1S/C16H20N6O2/c1-20(2)15(24)16(22-9-3-7-19-22)5-10-21(11-6-16)14(23)13-4-8-17-18-12-13/h3-4,7-9,12H,5-6,10-11H2,1-2H3. The van der Waals surface area contributed by atoms with E-state index in [0.29, 0.717) is 31.5 Å². The number of piperidine rings is 1. The van der Waals surface area contributed by atoms with Gasteiger partial charge < -0.3 is 9.80 Å². The zero-order valence-electron chi connectivity index (χ0n) is 13.8. The Morgan fingerprint density at radius 1 is 1.17 bits per heavy atom. The number of amides is 2. The molecule has 0 atom stereocenters. The number of hydrogen-bond donors (Lipinski definition) is 0. The third-order valence-corrected chi connectivity index (χ3v) is 4.46. The molecular weight excluding hydrogens is 308 g/mol. The van der Waals surface area contributed by atoms with Crippen LogP contribution in [-0.2, 0) is 10.3 Å². The van der Waals surface area contributed by atoms with Gasteiger partial charge in [0.2, 0.25) is 5.91 Å². The lowest BCUT2D eigenvalue weighted by atomic mass is 9.86. The molecule has 8 heteroatoms. The van der Waals surface area contributed by atoms with Gasteiger partial charge in [-0.15, -0.1) is 0 Å². The minimum atomic E-state index is -0.736. The lowest BCUT2D eigenvalue weighted by molar-refractivity contribution is -0.141. The summed E-state index contributed by atoms with van der Waals surface area (Å²) < 4.78 is 1.73. The van der Waals surface area contributed by atoms with Crippen molar-refractivity contribution in [1.82, 2.24) is 29.8 Å². The zero-order valence-corrected chi connectivity index (χ0v) is 13.8. The first kappa shape index (κ1) is 16.1. The van der Waals surface area contributed by atoms with Gasteiger partial charge in [0.1, 0.15) is 5.54 Å². The average Bonchev–Trinajstić information content (AvgIpc) is 3.16. The van der Waals surface area contributed by atoms with Crippen LogP contribution in [0.3, 0.4) is 0 Å². The highest BCUT2D eigenvalue weighted by Crippen LogP contribution is 2.32. The molecular formula is C16H20N6O2. The van der Waals surface area contributed by atoms with E-state index in [0.717, 1.165) is 0 Å². The van der Waals surface area contributed by atoms with Gasteiger partial charge in [0, 0.05) is 39.6 Å². The van der Waals surface area contributed by atoms with Crippen LogP contribution in [-0.4, -0.2) is 68.8 Å². The molecule has 0 spiro atoms. The summed E-state index contributed by atoms with van der Waals surface area (Å²) in [6.07, 6.45) is 7.49. The van der Waals surface area contributed by atoms with Gasteiger partial charge in [-0.3, -0.25) is 14.3 Å². The van der Waals surface area contributed by atoms with E-state index in [-0.39, 0.29) is 11.8 Å². The molecule has 8 nitrogen and oxygen atoms in total. The van der Waals surface area contributed by atoms with Crippen molar-refractivity contribution in [3.8, 4) is 0 Å². The van der Waals surface area contributed by atoms with E-state index < -0.39 is 5.54 Å². The van der Waals surface area contributed by atoms with Gasteiger partial charge in [0.15, 0.2) is 0 Å². The maximum absolute atomic E-state index is 12.8. The summed E-state index contributed by atoms with van der Waals surface area (Å²) in [4.78, 5) is 28.7. The number of likely N-dealkylation sites (tertiary alicyclic amines) is 1. The first-order valence-corrected chi connectivity index (χ1v) is 7.82. The number of carbonyl (C=O) groups excluding carboxylic acids is 2. The number of rotatable bonds is 3. The Hall–Kier alpha value is -2.77. The minimum absolute atomic E-state index is 0.00359.